The summed E-state index contributed by atoms with van der Waals surface area (Å²) in [4.78, 5) is 33.6. The number of rotatable bonds is 7. The van der Waals surface area contributed by atoms with Gasteiger partial charge in [0, 0.05) is 6.42 Å². The molecule has 0 saturated carbocycles. The van der Waals surface area contributed by atoms with Crippen LogP contribution < -0.4 is 10.6 Å². The van der Waals surface area contributed by atoms with Crippen molar-refractivity contribution in [2.45, 2.75) is 43.2 Å². The molecule has 0 aromatic carbocycles. The lowest BCUT2D eigenvalue weighted by Crippen LogP contribution is -2.56. The van der Waals surface area contributed by atoms with Crippen LogP contribution in [0.15, 0.2) is 0 Å². The van der Waals surface area contributed by atoms with Crippen LogP contribution in [0, 0.1) is 0 Å². The number of aliphatic hydroxyl groups is 4. The van der Waals surface area contributed by atoms with E-state index in [9.17, 15) is 29.7 Å². The molecule has 9 nitrogen and oxygen atoms in total. The molecule has 1 aliphatic heterocycles. The second kappa shape index (κ2) is 7.29. The summed E-state index contributed by atoms with van der Waals surface area (Å²) in [6.07, 6.45) is -4.56. The molecule has 9 heteroatoms. The fourth-order valence-electron chi connectivity index (χ4n) is 1.82. The van der Waals surface area contributed by atoms with Gasteiger partial charge in [-0.3, -0.25) is 9.59 Å². The van der Waals surface area contributed by atoms with Crippen LogP contribution in [-0.2, 0) is 14.4 Å². The first-order valence-electron chi connectivity index (χ1n) is 6.10. The van der Waals surface area contributed by atoms with Gasteiger partial charge in [-0.05, 0) is 6.42 Å². The third-order valence-electron chi connectivity index (χ3n) is 3.07. The summed E-state index contributed by atoms with van der Waals surface area (Å²) in [5.41, 5.74) is 0. The van der Waals surface area contributed by atoms with E-state index in [4.69, 9.17) is 5.11 Å². The van der Waals surface area contributed by atoms with Gasteiger partial charge in [-0.15, -0.1) is 0 Å². The smallest absolute Gasteiger partial charge is 0.243 e. The van der Waals surface area contributed by atoms with Crippen molar-refractivity contribution in [3.05, 3.63) is 0 Å². The molecule has 0 aromatic heterocycles. The van der Waals surface area contributed by atoms with Crippen molar-refractivity contribution in [3.63, 3.8) is 0 Å². The maximum Gasteiger partial charge on any atom is 0.243 e. The molecule has 114 valence electrons. The Labute approximate surface area is 114 Å². The zero-order valence-corrected chi connectivity index (χ0v) is 10.6. The van der Waals surface area contributed by atoms with Gasteiger partial charge in [0.2, 0.25) is 11.8 Å². The monoisotopic (exact) mass is 290 g/mol. The highest BCUT2D eigenvalue weighted by Crippen LogP contribution is 2.08. The van der Waals surface area contributed by atoms with Gasteiger partial charge in [0.25, 0.3) is 0 Å². The van der Waals surface area contributed by atoms with Crippen molar-refractivity contribution in [2.75, 3.05) is 6.61 Å². The Morgan fingerprint density at radius 2 is 2.05 bits per heavy atom. The molecule has 1 aliphatic rings. The van der Waals surface area contributed by atoms with Crippen molar-refractivity contribution in [2.24, 2.45) is 0 Å². The molecule has 0 radical (unpaired) electrons. The number of carbonyl (C=O) groups excluding carboxylic acids is 3. The molecule has 1 rings (SSSR count). The van der Waals surface area contributed by atoms with Crippen LogP contribution in [0.4, 0.5) is 0 Å². The van der Waals surface area contributed by atoms with Crippen molar-refractivity contribution >= 4 is 18.1 Å². The molecule has 6 N–H and O–H groups in total. The van der Waals surface area contributed by atoms with E-state index in [1.165, 1.54) is 0 Å². The molecular weight excluding hydrogens is 272 g/mol. The number of aldehydes is 1. The average Bonchev–Trinajstić information content (AvgIpc) is 2.88. The normalized spacial score (nSPS) is 24.4. The summed E-state index contributed by atoms with van der Waals surface area (Å²) in [7, 11) is 0. The molecule has 0 aromatic rings. The van der Waals surface area contributed by atoms with Crippen LogP contribution >= 0.6 is 0 Å². The maximum absolute atomic E-state index is 11.7. The average molecular weight is 290 g/mol. The van der Waals surface area contributed by atoms with Gasteiger partial charge in [-0.2, -0.15) is 0 Å². The van der Waals surface area contributed by atoms with Crippen molar-refractivity contribution < 1.29 is 34.8 Å². The van der Waals surface area contributed by atoms with E-state index < -0.39 is 42.9 Å². The Kier molecular flexibility index (Phi) is 6.02. The summed E-state index contributed by atoms with van der Waals surface area (Å²) < 4.78 is 0. The zero-order chi connectivity index (χ0) is 15.3. The van der Waals surface area contributed by atoms with Gasteiger partial charge >= 0.3 is 0 Å². The standard InChI is InChI=1S/C11H18N2O7/c14-3-6(9(18)10(19)7(16)4-15)13-11(20)5-1-2-8(17)12-5/h3,5-7,9-10,15-16,18-19H,1-2,4H2,(H,12,17)(H,13,20). The van der Waals surface area contributed by atoms with E-state index in [2.05, 4.69) is 10.6 Å². The second-order valence-electron chi connectivity index (χ2n) is 4.56. The first-order chi connectivity index (χ1) is 9.40. The van der Waals surface area contributed by atoms with Gasteiger partial charge in [-0.1, -0.05) is 0 Å². The Balaban J connectivity index is 2.59. The van der Waals surface area contributed by atoms with E-state index in [1.807, 2.05) is 0 Å². The lowest BCUT2D eigenvalue weighted by molar-refractivity contribution is -0.132. The van der Waals surface area contributed by atoms with E-state index in [0.29, 0.717) is 0 Å². The highest BCUT2D eigenvalue weighted by Gasteiger charge is 2.34. The first-order valence-corrected chi connectivity index (χ1v) is 6.10. The third-order valence-corrected chi connectivity index (χ3v) is 3.07. The van der Waals surface area contributed by atoms with Crippen LogP contribution in [0.2, 0.25) is 0 Å². The molecule has 1 heterocycles. The predicted octanol–water partition coefficient (Wildman–Crippen LogP) is -3.98. The second-order valence-corrected chi connectivity index (χ2v) is 4.56. The quantitative estimate of drug-likeness (QED) is 0.261. The van der Waals surface area contributed by atoms with Crippen LogP contribution in [0.5, 0.6) is 0 Å². The molecule has 1 saturated heterocycles. The van der Waals surface area contributed by atoms with Gasteiger partial charge in [0.05, 0.1) is 6.61 Å². The Morgan fingerprint density at radius 1 is 1.40 bits per heavy atom. The highest BCUT2D eigenvalue weighted by molar-refractivity contribution is 5.91. The number of amides is 2. The Bertz CT molecular complexity index is 376. The zero-order valence-electron chi connectivity index (χ0n) is 10.6. The minimum Gasteiger partial charge on any atom is -0.394 e. The topological polar surface area (TPSA) is 156 Å². The Morgan fingerprint density at radius 3 is 2.50 bits per heavy atom. The fraction of sp³-hybridized carbons (Fsp3) is 0.727. The van der Waals surface area contributed by atoms with Crippen molar-refractivity contribution in [3.8, 4) is 0 Å². The van der Waals surface area contributed by atoms with Crippen molar-refractivity contribution in [1.29, 1.82) is 0 Å². The highest BCUT2D eigenvalue weighted by atomic mass is 16.4. The summed E-state index contributed by atoms with van der Waals surface area (Å²) in [6, 6.07) is -2.26. The lowest BCUT2D eigenvalue weighted by atomic mass is 10.0. The Hall–Kier alpha value is -1.55. The summed E-state index contributed by atoms with van der Waals surface area (Å²) in [5, 5.41) is 41.5. The van der Waals surface area contributed by atoms with E-state index in [1.54, 1.807) is 0 Å². The summed E-state index contributed by atoms with van der Waals surface area (Å²) in [5.74, 6) is -0.957. The van der Waals surface area contributed by atoms with Crippen LogP contribution in [0.3, 0.4) is 0 Å². The van der Waals surface area contributed by atoms with E-state index in [0.717, 1.165) is 0 Å². The van der Waals surface area contributed by atoms with Gasteiger partial charge in [0.15, 0.2) is 0 Å². The van der Waals surface area contributed by atoms with Crippen LogP contribution in [-0.4, -0.2) is 75.5 Å². The number of nitrogens with one attached hydrogen (secondary N) is 2. The lowest BCUT2D eigenvalue weighted by Gasteiger charge is -2.26. The maximum atomic E-state index is 11.7. The van der Waals surface area contributed by atoms with Gasteiger partial charge < -0.3 is 35.9 Å². The minimum absolute atomic E-state index is 0.193. The molecule has 5 atom stereocenters. The first kappa shape index (κ1) is 16.5. The molecule has 2 amide bonds. The summed E-state index contributed by atoms with van der Waals surface area (Å²) >= 11 is 0. The number of aliphatic hydroxyl groups excluding tert-OH is 4. The fourth-order valence-corrected chi connectivity index (χ4v) is 1.82. The molecule has 0 bridgehead atoms. The van der Waals surface area contributed by atoms with Crippen LogP contribution in [0.25, 0.3) is 0 Å². The minimum atomic E-state index is -1.80. The largest absolute Gasteiger partial charge is 0.394 e. The molecule has 1 fully saturated rings. The molecule has 20 heavy (non-hydrogen) atoms. The molecule has 5 unspecified atom stereocenters. The molecule has 0 aliphatic carbocycles. The SMILES string of the molecule is O=CC(NC(=O)C1CCC(=O)N1)C(O)C(O)C(O)CO. The number of hydrogen-bond donors (Lipinski definition) is 6. The van der Waals surface area contributed by atoms with Gasteiger partial charge in [-0.25, -0.2) is 0 Å². The van der Waals surface area contributed by atoms with E-state index >= 15 is 0 Å². The number of hydrogen-bond acceptors (Lipinski definition) is 7. The molecule has 0 spiro atoms. The summed E-state index contributed by atoms with van der Waals surface area (Å²) in [6.45, 7) is -0.809. The van der Waals surface area contributed by atoms with Crippen molar-refractivity contribution in [1.82, 2.24) is 10.6 Å². The van der Waals surface area contributed by atoms with E-state index in [-0.39, 0.29) is 25.0 Å². The molecular formula is C11H18N2O7. The third kappa shape index (κ3) is 3.97. The van der Waals surface area contributed by atoms with Crippen LogP contribution in [0.1, 0.15) is 12.8 Å². The number of carbonyl (C=O) groups is 3. The van der Waals surface area contributed by atoms with Gasteiger partial charge in [0.1, 0.15) is 36.7 Å². The predicted molar refractivity (Wildman–Crippen MR) is 64.3 cm³/mol.